The van der Waals surface area contributed by atoms with E-state index in [-0.39, 0.29) is 22.6 Å². The van der Waals surface area contributed by atoms with Gasteiger partial charge >= 0.3 is 6.18 Å². The second kappa shape index (κ2) is 8.07. The number of alkyl halides is 3. The predicted molar refractivity (Wildman–Crippen MR) is 83.7 cm³/mol. The van der Waals surface area contributed by atoms with E-state index in [2.05, 4.69) is 4.99 Å². The van der Waals surface area contributed by atoms with E-state index in [1.54, 1.807) is 0 Å². The summed E-state index contributed by atoms with van der Waals surface area (Å²) in [6.07, 6.45) is -3.92. The predicted octanol–water partition coefficient (Wildman–Crippen LogP) is 3.26. The van der Waals surface area contributed by atoms with Gasteiger partial charge in [-0.15, -0.1) is 12.4 Å². The Kier molecular flexibility index (Phi) is 6.71. The maximum Gasteiger partial charge on any atom is 0.422 e. The van der Waals surface area contributed by atoms with Gasteiger partial charge in [-0.3, -0.25) is 10.2 Å². The Morgan fingerprint density at radius 1 is 1.17 bits per heavy atom. The van der Waals surface area contributed by atoms with Crippen LogP contribution in [0, 0.1) is 0 Å². The van der Waals surface area contributed by atoms with Crippen molar-refractivity contribution in [2.45, 2.75) is 17.7 Å². The molecule has 3 N–H and O–H groups in total. The number of thioether (sulfide) groups is 1. The zero-order chi connectivity index (χ0) is 16.2. The molecule has 1 aromatic heterocycles. The number of amidine groups is 1. The minimum atomic E-state index is -4.51. The van der Waals surface area contributed by atoms with Gasteiger partial charge in [0.25, 0.3) is 5.03 Å². The molecule has 0 atom stereocenters. The summed E-state index contributed by atoms with van der Waals surface area (Å²) in [5, 5.41) is 9.86. The van der Waals surface area contributed by atoms with Crippen LogP contribution in [-0.2, 0) is 12.7 Å². The van der Waals surface area contributed by atoms with Crippen LogP contribution in [0.3, 0.4) is 0 Å². The van der Waals surface area contributed by atoms with Gasteiger partial charge in [0.15, 0.2) is 5.17 Å². The summed E-state index contributed by atoms with van der Waals surface area (Å²) in [6.45, 7) is 0.353. The molecule has 1 heterocycles. The van der Waals surface area contributed by atoms with Crippen LogP contribution in [0.15, 0.2) is 58.7 Å². The molecule has 0 radical (unpaired) electrons. The molecule has 0 unspecified atom stereocenters. The molecule has 0 aliphatic heterocycles. The second-order valence-electron chi connectivity index (χ2n) is 4.34. The Labute approximate surface area is 141 Å². The number of benzene rings is 1. The largest absolute Gasteiger partial charge is 0.422 e. The SMILES string of the molecule is Cl.NC(=NCc1ccccc1)Sc1ccc(C(F)(F)F)c[n+]1O. The molecule has 0 spiro atoms. The highest BCUT2D eigenvalue weighted by atomic mass is 35.5. The van der Waals surface area contributed by atoms with Gasteiger partial charge in [-0.25, -0.2) is 0 Å². The highest BCUT2D eigenvalue weighted by molar-refractivity contribution is 8.13. The summed E-state index contributed by atoms with van der Waals surface area (Å²) in [7, 11) is 0. The van der Waals surface area contributed by atoms with E-state index in [9.17, 15) is 18.4 Å². The minimum absolute atomic E-state index is 0. The average Bonchev–Trinajstić information content (AvgIpc) is 2.47. The van der Waals surface area contributed by atoms with Gasteiger partial charge in [-0.05, 0) is 11.6 Å². The van der Waals surface area contributed by atoms with E-state index in [0.29, 0.717) is 17.5 Å². The first-order valence-corrected chi connectivity index (χ1v) is 7.02. The fourth-order valence-electron chi connectivity index (χ4n) is 1.62. The summed E-state index contributed by atoms with van der Waals surface area (Å²) in [5.74, 6) is 0. The maximum atomic E-state index is 12.5. The monoisotopic (exact) mass is 364 g/mol. The fourth-order valence-corrected chi connectivity index (χ4v) is 2.24. The van der Waals surface area contributed by atoms with E-state index < -0.39 is 11.7 Å². The van der Waals surface area contributed by atoms with E-state index in [1.165, 1.54) is 0 Å². The van der Waals surface area contributed by atoms with Gasteiger partial charge in [-0.2, -0.15) is 13.2 Å². The van der Waals surface area contributed by atoms with Crippen LogP contribution in [0.4, 0.5) is 13.2 Å². The van der Waals surface area contributed by atoms with Gasteiger partial charge in [0, 0.05) is 22.6 Å². The molecular weight excluding hydrogens is 351 g/mol. The molecule has 2 rings (SSSR count). The average molecular weight is 365 g/mol. The van der Waals surface area contributed by atoms with Crippen molar-refractivity contribution >= 4 is 29.3 Å². The molecule has 0 aliphatic carbocycles. The number of hydrogen-bond donors (Lipinski definition) is 2. The first-order chi connectivity index (χ1) is 10.4. The topological polar surface area (TPSA) is 62.5 Å². The van der Waals surface area contributed by atoms with Gasteiger partial charge in [-0.1, -0.05) is 30.3 Å². The zero-order valence-electron chi connectivity index (χ0n) is 11.7. The first-order valence-electron chi connectivity index (χ1n) is 6.20. The third-order valence-electron chi connectivity index (χ3n) is 2.69. The first kappa shape index (κ1) is 19.1. The summed E-state index contributed by atoms with van der Waals surface area (Å²) in [6, 6.07) is 11.4. The lowest BCUT2D eigenvalue weighted by Gasteiger charge is -2.04. The molecule has 23 heavy (non-hydrogen) atoms. The Morgan fingerprint density at radius 2 is 1.83 bits per heavy atom. The lowest BCUT2D eigenvalue weighted by molar-refractivity contribution is -0.932. The number of halogens is 4. The van der Waals surface area contributed by atoms with Gasteiger partial charge in [0.05, 0.1) is 6.54 Å². The summed E-state index contributed by atoms with van der Waals surface area (Å²) in [5.41, 5.74) is 5.72. The van der Waals surface area contributed by atoms with Crippen molar-refractivity contribution in [1.29, 1.82) is 0 Å². The van der Waals surface area contributed by atoms with Crippen molar-refractivity contribution in [3.63, 3.8) is 0 Å². The lowest BCUT2D eigenvalue weighted by Crippen LogP contribution is -2.34. The third kappa shape index (κ3) is 5.65. The highest BCUT2D eigenvalue weighted by Crippen LogP contribution is 2.28. The van der Waals surface area contributed by atoms with Crippen molar-refractivity contribution in [3.05, 3.63) is 59.8 Å². The lowest BCUT2D eigenvalue weighted by atomic mass is 10.2. The van der Waals surface area contributed by atoms with Crippen molar-refractivity contribution in [1.82, 2.24) is 0 Å². The third-order valence-corrected chi connectivity index (χ3v) is 3.56. The van der Waals surface area contributed by atoms with Crippen LogP contribution in [0.5, 0.6) is 0 Å². The number of aliphatic imine (C=N–C) groups is 1. The van der Waals surface area contributed by atoms with Gasteiger partial charge in [0.2, 0.25) is 6.20 Å². The van der Waals surface area contributed by atoms with Crippen LogP contribution >= 0.6 is 24.2 Å². The van der Waals surface area contributed by atoms with Crippen molar-refractivity contribution in [2.75, 3.05) is 0 Å². The molecule has 0 bridgehead atoms. The standard InChI is InChI=1S/C14H13F3N3OS.ClH/c15-14(16,17)11-6-7-12(20(21)9-11)22-13(18)19-8-10-4-2-1-3-5-10;/h1-7,9,21H,8H2,(H2,18,19);1H/q+1;. The molecule has 0 fully saturated rings. The highest BCUT2D eigenvalue weighted by Gasteiger charge is 2.34. The molecule has 0 saturated heterocycles. The summed E-state index contributed by atoms with van der Waals surface area (Å²) < 4.78 is 37.9. The van der Waals surface area contributed by atoms with E-state index in [1.807, 2.05) is 30.3 Å². The number of hydrogen-bond acceptors (Lipinski definition) is 3. The molecule has 0 amide bonds. The Bertz CT molecular complexity index is 681. The van der Waals surface area contributed by atoms with Gasteiger partial charge < -0.3 is 5.73 Å². The maximum absolute atomic E-state index is 12.5. The Balaban J connectivity index is 0.00000264. The molecule has 0 saturated carbocycles. The van der Waals surface area contributed by atoms with Crippen LogP contribution in [0.2, 0.25) is 0 Å². The normalized spacial score (nSPS) is 11.9. The molecule has 4 nitrogen and oxygen atoms in total. The Hall–Kier alpha value is -1.93. The molecule has 1 aromatic carbocycles. The molecular formula is C14H14ClF3N3OS+. The van der Waals surface area contributed by atoms with Crippen LogP contribution in [0.25, 0.3) is 0 Å². The van der Waals surface area contributed by atoms with Gasteiger partial charge in [0.1, 0.15) is 5.56 Å². The fraction of sp³-hybridized carbons (Fsp3) is 0.143. The number of nitrogens with zero attached hydrogens (tertiary/aromatic N) is 2. The van der Waals surface area contributed by atoms with Crippen LogP contribution in [0.1, 0.15) is 11.1 Å². The minimum Gasteiger partial charge on any atom is -0.378 e. The van der Waals surface area contributed by atoms with Crippen molar-refractivity contribution in [3.8, 4) is 0 Å². The number of nitrogens with two attached hydrogens (primary N) is 1. The van der Waals surface area contributed by atoms with E-state index in [4.69, 9.17) is 5.73 Å². The molecule has 124 valence electrons. The number of rotatable bonds is 3. The molecule has 2 aromatic rings. The zero-order valence-corrected chi connectivity index (χ0v) is 13.3. The second-order valence-corrected chi connectivity index (χ2v) is 5.38. The number of pyridine rings is 1. The van der Waals surface area contributed by atoms with Crippen molar-refractivity contribution in [2.24, 2.45) is 10.7 Å². The van der Waals surface area contributed by atoms with Crippen LogP contribution in [-0.4, -0.2) is 10.4 Å². The van der Waals surface area contributed by atoms with Crippen LogP contribution < -0.4 is 10.5 Å². The summed E-state index contributed by atoms with van der Waals surface area (Å²) >= 11 is 0.882. The van der Waals surface area contributed by atoms with E-state index >= 15 is 0 Å². The van der Waals surface area contributed by atoms with Crippen molar-refractivity contribution < 1.29 is 23.1 Å². The summed E-state index contributed by atoms with van der Waals surface area (Å²) in [4.78, 5) is 4.11. The smallest absolute Gasteiger partial charge is 0.378 e. The Morgan fingerprint density at radius 3 is 2.39 bits per heavy atom. The molecule has 9 heteroatoms. The number of aromatic nitrogens is 1. The molecule has 0 aliphatic rings. The van der Waals surface area contributed by atoms with E-state index in [0.717, 1.165) is 29.5 Å². The quantitative estimate of drug-likeness (QED) is 0.289.